The van der Waals surface area contributed by atoms with E-state index in [1.165, 1.54) is 0 Å². The maximum absolute atomic E-state index is 11.3. The van der Waals surface area contributed by atoms with E-state index in [1.807, 2.05) is 34.6 Å². The zero-order chi connectivity index (χ0) is 13.5. The van der Waals surface area contributed by atoms with Gasteiger partial charge in [-0.1, -0.05) is 13.8 Å². The molecule has 1 N–H and O–H groups in total. The van der Waals surface area contributed by atoms with Crippen LogP contribution in [0.2, 0.25) is 0 Å². The number of carbonyl (C=O) groups is 2. The molecule has 0 aliphatic rings. The lowest BCUT2D eigenvalue weighted by Gasteiger charge is -2.29. The molecule has 0 spiro atoms. The molecule has 0 saturated heterocycles. The standard InChI is InChI=1S/C13H25NO3/c1-6-14-11(16)7-8-13(4,5)17-10-12(2,3)9-15/h9H,6-8,10H2,1-5H3,(H,14,16). The van der Waals surface area contributed by atoms with Gasteiger partial charge in [0.15, 0.2) is 0 Å². The average Bonchev–Trinajstić information content (AvgIpc) is 2.25. The minimum Gasteiger partial charge on any atom is -0.375 e. The average molecular weight is 243 g/mol. The van der Waals surface area contributed by atoms with Crippen molar-refractivity contribution in [1.82, 2.24) is 5.32 Å². The van der Waals surface area contributed by atoms with Gasteiger partial charge in [-0.2, -0.15) is 0 Å². The van der Waals surface area contributed by atoms with Crippen molar-refractivity contribution < 1.29 is 14.3 Å². The number of aldehydes is 1. The molecule has 0 saturated carbocycles. The van der Waals surface area contributed by atoms with Gasteiger partial charge >= 0.3 is 0 Å². The molecule has 4 nitrogen and oxygen atoms in total. The lowest BCUT2D eigenvalue weighted by atomic mass is 9.96. The monoisotopic (exact) mass is 243 g/mol. The van der Waals surface area contributed by atoms with Gasteiger partial charge in [0.05, 0.1) is 12.2 Å². The smallest absolute Gasteiger partial charge is 0.220 e. The predicted molar refractivity (Wildman–Crippen MR) is 67.8 cm³/mol. The molecule has 0 heterocycles. The van der Waals surface area contributed by atoms with E-state index in [1.54, 1.807) is 0 Å². The molecule has 100 valence electrons. The van der Waals surface area contributed by atoms with Crippen molar-refractivity contribution in [3.05, 3.63) is 0 Å². The fourth-order valence-electron chi connectivity index (χ4n) is 1.19. The maximum atomic E-state index is 11.3. The number of amides is 1. The van der Waals surface area contributed by atoms with E-state index >= 15 is 0 Å². The molecule has 0 bridgehead atoms. The number of hydrogen-bond acceptors (Lipinski definition) is 3. The number of hydrogen-bond donors (Lipinski definition) is 1. The molecule has 17 heavy (non-hydrogen) atoms. The fourth-order valence-corrected chi connectivity index (χ4v) is 1.19. The first-order valence-electron chi connectivity index (χ1n) is 6.09. The van der Waals surface area contributed by atoms with Gasteiger partial charge in [-0.05, 0) is 27.2 Å². The van der Waals surface area contributed by atoms with Crippen LogP contribution in [0.25, 0.3) is 0 Å². The van der Waals surface area contributed by atoms with Crippen molar-refractivity contribution in [2.24, 2.45) is 5.41 Å². The molecule has 0 fully saturated rings. The normalized spacial score (nSPS) is 12.3. The van der Waals surface area contributed by atoms with Crippen molar-refractivity contribution in [3.63, 3.8) is 0 Å². The van der Waals surface area contributed by atoms with Gasteiger partial charge in [-0.15, -0.1) is 0 Å². The zero-order valence-corrected chi connectivity index (χ0v) is 11.6. The SMILES string of the molecule is CCNC(=O)CCC(C)(C)OCC(C)(C)C=O. The summed E-state index contributed by atoms with van der Waals surface area (Å²) in [5.74, 6) is 0.0406. The summed E-state index contributed by atoms with van der Waals surface area (Å²) in [4.78, 5) is 22.1. The second-order valence-corrected chi connectivity index (χ2v) is 5.61. The van der Waals surface area contributed by atoms with Gasteiger partial charge in [0.2, 0.25) is 5.91 Å². The first-order valence-corrected chi connectivity index (χ1v) is 6.09. The van der Waals surface area contributed by atoms with Gasteiger partial charge < -0.3 is 14.8 Å². The molecule has 4 heteroatoms. The van der Waals surface area contributed by atoms with Crippen molar-refractivity contribution >= 4 is 12.2 Å². The summed E-state index contributed by atoms with van der Waals surface area (Å²) in [6.07, 6.45) is 1.99. The lowest BCUT2D eigenvalue weighted by molar-refractivity contribution is -0.127. The summed E-state index contributed by atoms with van der Waals surface area (Å²) >= 11 is 0. The Bertz CT molecular complexity index is 259. The van der Waals surface area contributed by atoms with E-state index in [9.17, 15) is 9.59 Å². The van der Waals surface area contributed by atoms with E-state index in [-0.39, 0.29) is 11.5 Å². The molecule has 0 atom stereocenters. The van der Waals surface area contributed by atoms with Crippen LogP contribution in [0.4, 0.5) is 0 Å². The first-order chi connectivity index (χ1) is 7.72. The number of nitrogens with one attached hydrogen (secondary N) is 1. The van der Waals surface area contributed by atoms with Crippen LogP contribution in [-0.4, -0.2) is 30.9 Å². The minimum atomic E-state index is -0.469. The Kier molecular flexibility index (Phi) is 6.39. The highest BCUT2D eigenvalue weighted by atomic mass is 16.5. The number of rotatable bonds is 8. The van der Waals surface area contributed by atoms with E-state index in [0.717, 1.165) is 6.29 Å². The van der Waals surface area contributed by atoms with Gasteiger partial charge in [0.1, 0.15) is 6.29 Å². The first kappa shape index (κ1) is 16.1. The minimum absolute atomic E-state index is 0.0406. The van der Waals surface area contributed by atoms with Crippen molar-refractivity contribution in [1.29, 1.82) is 0 Å². The van der Waals surface area contributed by atoms with Crippen molar-refractivity contribution in [2.75, 3.05) is 13.2 Å². The molecule has 0 radical (unpaired) electrons. The highest BCUT2D eigenvalue weighted by Gasteiger charge is 2.25. The quantitative estimate of drug-likeness (QED) is 0.663. The molecular formula is C13H25NO3. The van der Waals surface area contributed by atoms with Crippen LogP contribution in [0.1, 0.15) is 47.5 Å². The molecule has 0 aromatic carbocycles. The summed E-state index contributed by atoms with van der Waals surface area (Å²) in [5, 5.41) is 2.75. The Balaban J connectivity index is 4.03. The molecule has 0 aliphatic heterocycles. The summed E-state index contributed by atoms with van der Waals surface area (Å²) in [6.45, 7) is 10.5. The number of ether oxygens (including phenoxy) is 1. The summed E-state index contributed by atoms with van der Waals surface area (Å²) in [6, 6.07) is 0. The number of carbonyl (C=O) groups excluding carboxylic acids is 2. The molecule has 0 aromatic heterocycles. The Morgan fingerprint density at radius 3 is 2.35 bits per heavy atom. The maximum Gasteiger partial charge on any atom is 0.220 e. The van der Waals surface area contributed by atoms with Crippen LogP contribution >= 0.6 is 0 Å². The fraction of sp³-hybridized carbons (Fsp3) is 0.846. The van der Waals surface area contributed by atoms with Crippen molar-refractivity contribution in [3.8, 4) is 0 Å². The van der Waals surface area contributed by atoms with Crippen LogP contribution in [0, 0.1) is 5.41 Å². The molecule has 0 aliphatic carbocycles. The van der Waals surface area contributed by atoms with Crippen LogP contribution < -0.4 is 5.32 Å². The summed E-state index contributed by atoms with van der Waals surface area (Å²) in [5.41, 5.74) is -0.853. The third-order valence-electron chi connectivity index (χ3n) is 2.48. The molecular weight excluding hydrogens is 218 g/mol. The van der Waals surface area contributed by atoms with Crippen LogP contribution in [0.15, 0.2) is 0 Å². The third-order valence-corrected chi connectivity index (χ3v) is 2.48. The van der Waals surface area contributed by atoms with E-state index < -0.39 is 5.41 Å². The highest BCUT2D eigenvalue weighted by molar-refractivity contribution is 5.75. The van der Waals surface area contributed by atoms with Crippen LogP contribution in [0.5, 0.6) is 0 Å². The summed E-state index contributed by atoms with van der Waals surface area (Å²) < 4.78 is 5.70. The third kappa shape index (κ3) is 7.91. The molecule has 1 amide bonds. The second-order valence-electron chi connectivity index (χ2n) is 5.61. The van der Waals surface area contributed by atoms with Crippen molar-refractivity contribution in [2.45, 2.75) is 53.1 Å². The second kappa shape index (κ2) is 6.74. The Hall–Kier alpha value is -0.900. The highest BCUT2D eigenvalue weighted by Crippen LogP contribution is 2.21. The lowest BCUT2D eigenvalue weighted by Crippen LogP contribution is -2.33. The Morgan fingerprint density at radius 1 is 1.29 bits per heavy atom. The Morgan fingerprint density at radius 2 is 1.88 bits per heavy atom. The molecule has 0 aromatic rings. The predicted octanol–water partition coefficient (Wildman–Crippen LogP) is 1.92. The summed E-state index contributed by atoms with van der Waals surface area (Å²) in [7, 11) is 0. The largest absolute Gasteiger partial charge is 0.375 e. The Labute approximate surface area is 104 Å². The molecule has 0 unspecified atom stereocenters. The van der Waals surface area contributed by atoms with Gasteiger partial charge in [-0.3, -0.25) is 4.79 Å². The van der Waals surface area contributed by atoms with Gasteiger partial charge in [0.25, 0.3) is 0 Å². The zero-order valence-electron chi connectivity index (χ0n) is 11.6. The van der Waals surface area contributed by atoms with Gasteiger partial charge in [0, 0.05) is 18.4 Å². The van der Waals surface area contributed by atoms with Gasteiger partial charge in [-0.25, -0.2) is 0 Å². The van der Waals surface area contributed by atoms with Crippen LogP contribution in [0.3, 0.4) is 0 Å². The van der Waals surface area contributed by atoms with E-state index in [4.69, 9.17) is 4.74 Å². The van der Waals surface area contributed by atoms with E-state index in [0.29, 0.717) is 26.0 Å². The molecule has 0 rings (SSSR count). The van der Waals surface area contributed by atoms with Crippen LogP contribution in [-0.2, 0) is 14.3 Å². The van der Waals surface area contributed by atoms with E-state index in [2.05, 4.69) is 5.32 Å². The topological polar surface area (TPSA) is 55.4 Å².